The summed E-state index contributed by atoms with van der Waals surface area (Å²) in [5.74, 6) is -0.0477. The quantitative estimate of drug-likeness (QED) is 0.684. The van der Waals surface area contributed by atoms with Crippen molar-refractivity contribution in [3.05, 3.63) is 83.9 Å². The Balaban J connectivity index is 2.05. The van der Waals surface area contributed by atoms with Crippen molar-refractivity contribution in [2.45, 2.75) is 19.7 Å². The normalized spacial score (nSPS) is 19.1. The first-order valence-electron chi connectivity index (χ1n) is 8.40. The fraction of sp³-hybridized carbons (Fsp3) is 0.190. The second-order valence-corrected chi connectivity index (χ2v) is 6.08. The lowest BCUT2D eigenvalue weighted by molar-refractivity contribution is -0.274. The lowest BCUT2D eigenvalue weighted by Gasteiger charge is -2.34. The summed E-state index contributed by atoms with van der Waals surface area (Å²) in [6, 6.07) is 7.80. The molecule has 0 aromatic heterocycles. The van der Waals surface area contributed by atoms with Gasteiger partial charge in [-0.2, -0.15) is 5.26 Å². The minimum atomic E-state index is -4.73. The zero-order chi connectivity index (χ0) is 19.6. The molecule has 0 amide bonds. The lowest BCUT2D eigenvalue weighted by Crippen LogP contribution is -2.24. The molecule has 27 heavy (non-hydrogen) atoms. The summed E-state index contributed by atoms with van der Waals surface area (Å²) in [6.07, 6.45) is 5.59. The van der Waals surface area contributed by atoms with Gasteiger partial charge in [0.2, 0.25) is 0 Å². The van der Waals surface area contributed by atoms with Gasteiger partial charge in [0.25, 0.3) is 0 Å². The average molecular weight is 370 g/mol. The van der Waals surface area contributed by atoms with Crippen LogP contribution < -0.4 is 4.74 Å². The Morgan fingerprint density at radius 1 is 1.30 bits per heavy atom. The van der Waals surface area contributed by atoms with Crippen LogP contribution in [0.2, 0.25) is 0 Å². The number of benzene rings is 1. The first-order chi connectivity index (χ1) is 12.9. The van der Waals surface area contributed by atoms with E-state index >= 15 is 0 Å². The molecule has 0 aliphatic carbocycles. The molecular formula is C21H17F3N2O. The van der Waals surface area contributed by atoms with Gasteiger partial charge < -0.3 is 9.64 Å². The minimum absolute atomic E-state index is 0.238. The van der Waals surface area contributed by atoms with Gasteiger partial charge in [-0.15, -0.1) is 13.2 Å². The molecule has 138 valence electrons. The number of fused-ring (bicyclic) bond motifs is 1. The average Bonchev–Trinajstić information content (AvgIpc) is 2.65. The van der Waals surface area contributed by atoms with Crippen molar-refractivity contribution in [1.29, 1.82) is 5.26 Å². The monoisotopic (exact) mass is 370 g/mol. The molecule has 3 rings (SSSR count). The van der Waals surface area contributed by atoms with Crippen molar-refractivity contribution >= 4 is 5.57 Å². The first-order valence-corrected chi connectivity index (χ1v) is 8.40. The molecule has 0 saturated carbocycles. The fourth-order valence-electron chi connectivity index (χ4n) is 3.09. The van der Waals surface area contributed by atoms with Crippen molar-refractivity contribution in [3.8, 4) is 11.8 Å². The highest BCUT2D eigenvalue weighted by Crippen LogP contribution is 2.39. The minimum Gasteiger partial charge on any atom is -0.406 e. The second-order valence-electron chi connectivity index (χ2n) is 6.08. The fourth-order valence-corrected chi connectivity index (χ4v) is 3.09. The third-order valence-electron chi connectivity index (χ3n) is 4.40. The van der Waals surface area contributed by atoms with Gasteiger partial charge in [0, 0.05) is 11.8 Å². The van der Waals surface area contributed by atoms with Crippen LogP contribution in [0.5, 0.6) is 5.75 Å². The largest absolute Gasteiger partial charge is 0.573 e. The SMILES string of the molecule is C=CC1=C(C#N)C=C(c2ccc(OC(F)(F)F)cc2)C2=CC(CC)C=CN21. The maximum Gasteiger partial charge on any atom is 0.573 e. The summed E-state index contributed by atoms with van der Waals surface area (Å²) in [6.45, 7) is 5.86. The summed E-state index contributed by atoms with van der Waals surface area (Å²) >= 11 is 0. The summed E-state index contributed by atoms with van der Waals surface area (Å²) in [5.41, 5.74) is 3.45. The number of alkyl halides is 3. The highest BCUT2D eigenvalue weighted by Gasteiger charge is 2.31. The number of allylic oxidation sites excluding steroid dienone is 6. The number of hydrogen-bond donors (Lipinski definition) is 0. The second kappa shape index (κ2) is 7.20. The molecule has 2 aliphatic heterocycles. The molecule has 1 aromatic rings. The van der Waals surface area contributed by atoms with E-state index in [0.29, 0.717) is 16.8 Å². The molecule has 6 heteroatoms. The van der Waals surface area contributed by atoms with E-state index in [4.69, 9.17) is 0 Å². The van der Waals surface area contributed by atoms with Crippen molar-refractivity contribution in [1.82, 2.24) is 4.90 Å². The third kappa shape index (κ3) is 3.82. The van der Waals surface area contributed by atoms with Gasteiger partial charge in [-0.3, -0.25) is 0 Å². The Labute approximate surface area is 155 Å². The van der Waals surface area contributed by atoms with Crippen LogP contribution in [0.15, 0.2) is 78.3 Å². The van der Waals surface area contributed by atoms with Crippen LogP contribution in [0, 0.1) is 17.2 Å². The number of nitriles is 1. The Morgan fingerprint density at radius 3 is 2.56 bits per heavy atom. The van der Waals surface area contributed by atoms with Crippen molar-refractivity contribution in [3.63, 3.8) is 0 Å². The Morgan fingerprint density at radius 2 is 2.00 bits per heavy atom. The number of nitrogens with zero attached hydrogens (tertiary/aromatic N) is 2. The van der Waals surface area contributed by atoms with E-state index in [0.717, 1.165) is 17.7 Å². The molecule has 1 unspecified atom stereocenters. The summed E-state index contributed by atoms with van der Waals surface area (Å²) < 4.78 is 41.0. The van der Waals surface area contributed by atoms with Crippen LogP contribution in [-0.4, -0.2) is 11.3 Å². The molecule has 2 aliphatic rings. The van der Waals surface area contributed by atoms with Crippen molar-refractivity contribution in [2.75, 3.05) is 0 Å². The van der Waals surface area contributed by atoms with Crippen LogP contribution in [-0.2, 0) is 0 Å². The molecule has 3 nitrogen and oxygen atoms in total. The standard InChI is InChI=1S/C21H17F3N2O/c1-3-14-9-10-26-19(4-2)16(13-25)12-18(20(26)11-14)15-5-7-17(8-6-15)27-21(22,23)24/h4-12,14H,2-3H2,1H3. The highest BCUT2D eigenvalue weighted by molar-refractivity contribution is 5.84. The lowest BCUT2D eigenvalue weighted by atomic mass is 9.90. The highest BCUT2D eigenvalue weighted by atomic mass is 19.4. The molecule has 0 fully saturated rings. The topological polar surface area (TPSA) is 36.3 Å². The molecule has 0 saturated heterocycles. The number of hydrogen-bond acceptors (Lipinski definition) is 3. The molecule has 0 N–H and O–H groups in total. The summed E-state index contributed by atoms with van der Waals surface area (Å²) in [5, 5.41) is 9.50. The number of halogens is 3. The van der Waals surface area contributed by atoms with Gasteiger partial charge in [0.15, 0.2) is 0 Å². The molecule has 1 atom stereocenters. The van der Waals surface area contributed by atoms with Gasteiger partial charge in [0.05, 0.1) is 17.0 Å². The van der Waals surface area contributed by atoms with Crippen molar-refractivity contribution in [2.24, 2.45) is 5.92 Å². The van der Waals surface area contributed by atoms with E-state index in [2.05, 4.69) is 30.4 Å². The molecule has 0 radical (unpaired) electrons. The molecular weight excluding hydrogens is 353 g/mol. The van der Waals surface area contributed by atoms with E-state index in [9.17, 15) is 18.4 Å². The summed E-state index contributed by atoms with van der Waals surface area (Å²) in [4.78, 5) is 1.88. The Bertz CT molecular complexity index is 912. The van der Waals surface area contributed by atoms with E-state index in [1.165, 1.54) is 12.1 Å². The number of ether oxygens (including phenoxy) is 1. The zero-order valence-electron chi connectivity index (χ0n) is 14.6. The third-order valence-corrected chi connectivity index (χ3v) is 4.40. The van der Waals surface area contributed by atoms with Gasteiger partial charge in [-0.25, -0.2) is 0 Å². The molecule has 1 aromatic carbocycles. The van der Waals surface area contributed by atoms with E-state index in [1.54, 1.807) is 24.3 Å². The van der Waals surface area contributed by atoms with Crippen molar-refractivity contribution < 1.29 is 17.9 Å². The van der Waals surface area contributed by atoms with E-state index < -0.39 is 6.36 Å². The van der Waals surface area contributed by atoms with Crippen LogP contribution in [0.4, 0.5) is 13.2 Å². The first kappa shape index (κ1) is 18.6. The predicted octanol–water partition coefficient (Wildman–Crippen LogP) is 5.69. The zero-order valence-corrected chi connectivity index (χ0v) is 14.6. The van der Waals surface area contributed by atoms with Gasteiger partial charge in [0.1, 0.15) is 11.8 Å². The molecule has 0 bridgehead atoms. The number of rotatable bonds is 4. The van der Waals surface area contributed by atoms with Gasteiger partial charge in [-0.05, 0) is 42.2 Å². The summed E-state index contributed by atoms with van der Waals surface area (Å²) in [7, 11) is 0. The van der Waals surface area contributed by atoms with Crippen LogP contribution in [0.1, 0.15) is 18.9 Å². The Kier molecular flexibility index (Phi) is 4.95. The predicted molar refractivity (Wildman–Crippen MR) is 96.8 cm³/mol. The molecule has 0 spiro atoms. The van der Waals surface area contributed by atoms with E-state index in [-0.39, 0.29) is 11.7 Å². The van der Waals surface area contributed by atoms with Gasteiger partial charge in [-0.1, -0.05) is 37.8 Å². The maximum absolute atomic E-state index is 12.4. The van der Waals surface area contributed by atoms with Gasteiger partial charge >= 0.3 is 6.36 Å². The smallest absolute Gasteiger partial charge is 0.406 e. The maximum atomic E-state index is 12.4. The van der Waals surface area contributed by atoms with E-state index in [1.807, 2.05) is 17.2 Å². The Hall–Kier alpha value is -3.20. The molecule has 2 heterocycles. The van der Waals surface area contributed by atoms with Crippen LogP contribution >= 0.6 is 0 Å². The van der Waals surface area contributed by atoms with Crippen LogP contribution in [0.25, 0.3) is 5.57 Å². The van der Waals surface area contributed by atoms with Crippen LogP contribution in [0.3, 0.4) is 0 Å².